The van der Waals surface area contributed by atoms with E-state index >= 15 is 0 Å². The van der Waals surface area contributed by atoms with Gasteiger partial charge in [0.05, 0.1) is 0 Å². The molecule has 3 aromatic rings. The van der Waals surface area contributed by atoms with Gasteiger partial charge >= 0.3 is 0 Å². The van der Waals surface area contributed by atoms with Gasteiger partial charge in [-0.2, -0.15) is 4.98 Å². The van der Waals surface area contributed by atoms with E-state index in [2.05, 4.69) is 68.9 Å². The summed E-state index contributed by atoms with van der Waals surface area (Å²) in [6.07, 6.45) is 4.38. The lowest BCUT2D eigenvalue weighted by Crippen LogP contribution is -2.42. The predicted molar refractivity (Wildman–Crippen MR) is 130 cm³/mol. The first kappa shape index (κ1) is 23.8. The molecule has 2 heterocycles. The van der Waals surface area contributed by atoms with Crippen LogP contribution in [0, 0.1) is 0 Å². The maximum absolute atomic E-state index is 5.29. The zero-order chi connectivity index (χ0) is 20.3. The van der Waals surface area contributed by atoms with E-state index in [-0.39, 0.29) is 24.0 Å². The maximum Gasteiger partial charge on any atom is 0.276 e. The van der Waals surface area contributed by atoms with Crippen LogP contribution in [0.5, 0.6) is 0 Å². The van der Waals surface area contributed by atoms with Crippen molar-refractivity contribution in [3.63, 3.8) is 0 Å². The Morgan fingerprint density at radius 1 is 1.10 bits per heavy atom. The zero-order valence-electron chi connectivity index (χ0n) is 17.4. The molecule has 160 valence electrons. The van der Waals surface area contributed by atoms with Crippen LogP contribution >= 0.6 is 24.0 Å². The van der Waals surface area contributed by atoms with E-state index in [9.17, 15) is 0 Å². The van der Waals surface area contributed by atoms with Crippen LogP contribution in [0.15, 0.2) is 64.2 Å². The summed E-state index contributed by atoms with van der Waals surface area (Å²) in [6, 6.07) is 16.4. The molecular weight excluding hydrogens is 491 g/mol. The first-order valence-corrected chi connectivity index (χ1v) is 10.1. The van der Waals surface area contributed by atoms with Gasteiger partial charge in [-0.15, -0.1) is 24.0 Å². The van der Waals surface area contributed by atoms with Crippen molar-refractivity contribution < 1.29 is 4.52 Å². The molecule has 7 nitrogen and oxygen atoms in total. The van der Waals surface area contributed by atoms with Gasteiger partial charge in [0.2, 0.25) is 0 Å². The normalized spacial score (nSPS) is 12.1. The summed E-state index contributed by atoms with van der Waals surface area (Å²) in [5.74, 6) is 1.87. The van der Waals surface area contributed by atoms with Crippen LogP contribution < -0.4 is 10.6 Å². The molecule has 0 aliphatic rings. The molecule has 0 amide bonds. The van der Waals surface area contributed by atoms with Gasteiger partial charge in [-0.3, -0.25) is 9.98 Å². The molecule has 3 rings (SSSR count). The van der Waals surface area contributed by atoms with E-state index in [0.29, 0.717) is 36.4 Å². The fourth-order valence-corrected chi connectivity index (χ4v) is 2.87. The first-order valence-electron chi connectivity index (χ1n) is 10.1. The van der Waals surface area contributed by atoms with Crippen LogP contribution in [0.1, 0.15) is 31.7 Å². The summed E-state index contributed by atoms with van der Waals surface area (Å²) >= 11 is 0. The quantitative estimate of drug-likeness (QED) is 0.253. The molecular formula is C22H29IN6O. The Bertz CT molecular complexity index is 885. The fraction of sp³-hybridized carbons (Fsp3) is 0.364. The van der Waals surface area contributed by atoms with E-state index in [1.165, 1.54) is 5.56 Å². The van der Waals surface area contributed by atoms with Crippen LogP contribution in [-0.4, -0.2) is 40.2 Å². The number of guanidine groups is 1. The van der Waals surface area contributed by atoms with Crippen molar-refractivity contribution in [2.24, 2.45) is 4.99 Å². The largest absolute Gasteiger partial charge is 0.357 e. The Morgan fingerprint density at radius 3 is 2.63 bits per heavy atom. The Balaban J connectivity index is 0.00000320. The predicted octanol–water partition coefficient (Wildman–Crippen LogP) is 3.87. The second-order valence-corrected chi connectivity index (χ2v) is 6.81. The number of benzene rings is 1. The number of hydrogen-bond donors (Lipinski definition) is 2. The van der Waals surface area contributed by atoms with Crippen LogP contribution in [-0.2, 0) is 12.8 Å². The molecule has 0 radical (unpaired) electrons. The summed E-state index contributed by atoms with van der Waals surface area (Å²) in [5.41, 5.74) is 2.03. The maximum atomic E-state index is 5.29. The molecule has 8 heteroatoms. The van der Waals surface area contributed by atoms with Crippen molar-refractivity contribution in [3.8, 4) is 11.6 Å². The summed E-state index contributed by atoms with van der Waals surface area (Å²) in [4.78, 5) is 13.3. The Hall–Kier alpha value is -2.49. The molecule has 2 aromatic heterocycles. The number of aromatic nitrogens is 3. The molecule has 2 N–H and O–H groups in total. The van der Waals surface area contributed by atoms with Crippen molar-refractivity contribution >= 4 is 29.9 Å². The number of aryl methyl sites for hydroxylation is 1. The molecule has 0 saturated carbocycles. The van der Waals surface area contributed by atoms with Crippen LogP contribution in [0.2, 0.25) is 0 Å². The number of aliphatic imine (C=N–C) groups is 1. The highest BCUT2D eigenvalue weighted by molar-refractivity contribution is 14.0. The molecule has 0 aliphatic carbocycles. The summed E-state index contributed by atoms with van der Waals surface area (Å²) < 4.78 is 5.29. The number of nitrogens with one attached hydrogen (secondary N) is 2. The molecule has 30 heavy (non-hydrogen) atoms. The van der Waals surface area contributed by atoms with Crippen LogP contribution in [0.3, 0.4) is 0 Å². The molecule has 1 aromatic carbocycles. The van der Waals surface area contributed by atoms with E-state index in [1.54, 1.807) is 6.20 Å². The minimum Gasteiger partial charge on any atom is -0.357 e. The van der Waals surface area contributed by atoms with Gasteiger partial charge in [-0.25, -0.2) is 0 Å². The molecule has 1 atom stereocenters. The van der Waals surface area contributed by atoms with Crippen molar-refractivity contribution in [1.29, 1.82) is 0 Å². The van der Waals surface area contributed by atoms with Crippen LogP contribution in [0.4, 0.5) is 0 Å². The smallest absolute Gasteiger partial charge is 0.276 e. The van der Waals surface area contributed by atoms with Crippen molar-refractivity contribution in [2.75, 3.05) is 13.1 Å². The van der Waals surface area contributed by atoms with Gasteiger partial charge in [0.15, 0.2) is 11.8 Å². The SMILES string of the molecule is CCNC(=NCCc1noc(-c2ccccn2)n1)NC(C)CCc1ccccc1.I. The number of pyridine rings is 1. The van der Waals surface area contributed by atoms with Crippen LogP contribution in [0.25, 0.3) is 11.6 Å². The molecule has 0 fully saturated rings. The van der Waals surface area contributed by atoms with E-state index < -0.39 is 0 Å². The lowest BCUT2D eigenvalue weighted by molar-refractivity contribution is 0.421. The van der Waals surface area contributed by atoms with Gasteiger partial charge in [-0.1, -0.05) is 41.6 Å². The zero-order valence-corrected chi connectivity index (χ0v) is 19.7. The summed E-state index contributed by atoms with van der Waals surface area (Å²) in [6.45, 7) is 5.61. The highest BCUT2D eigenvalue weighted by Crippen LogP contribution is 2.13. The lowest BCUT2D eigenvalue weighted by atomic mass is 10.1. The van der Waals surface area contributed by atoms with Gasteiger partial charge in [0.25, 0.3) is 5.89 Å². The number of hydrogen-bond acceptors (Lipinski definition) is 5. The third-order valence-electron chi connectivity index (χ3n) is 4.39. The van der Waals surface area contributed by atoms with E-state index in [1.807, 2.05) is 24.3 Å². The summed E-state index contributed by atoms with van der Waals surface area (Å²) in [7, 11) is 0. The lowest BCUT2D eigenvalue weighted by Gasteiger charge is -2.17. The fourth-order valence-electron chi connectivity index (χ4n) is 2.87. The Labute approximate surface area is 194 Å². The molecule has 0 saturated heterocycles. The van der Waals surface area contributed by atoms with Crippen molar-refractivity contribution in [2.45, 2.75) is 39.2 Å². The van der Waals surface area contributed by atoms with Gasteiger partial charge in [0, 0.05) is 31.7 Å². The van der Waals surface area contributed by atoms with Gasteiger partial charge in [0.1, 0.15) is 5.69 Å². The van der Waals surface area contributed by atoms with Crippen molar-refractivity contribution in [1.82, 2.24) is 25.8 Å². The number of halogens is 1. The number of nitrogens with zero attached hydrogens (tertiary/aromatic N) is 4. The minimum absolute atomic E-state index is 0. The van der Waals surface area contributed by atoms with E-state index in [4.69, 9.17) is 4.52 Å². The van der Waals surface area contributed by atoms with Gasteiger partial charge < -0.3 is 15.2 Å². The first-order chi connectivity index (χ1) is 14.2. The molecule has 0 aliphatic heterocycles. The number of rotatable bonds is 9. The summed E-state index contributed by atoms with van der Waals surface area (Å²) in [5, 5.41) is 10.8. The van der Waals surface area contributed by atoms with E-state index in [0.717, 1.165) is 25.3 Å². The van der Waals surface area contributed by atoms with Gasteiger partial charge in [-0.05, 0) is 44.4 Å². The highest BCUT2D eigenvalue weighted by atomic mass is 127. The highest BCUT2D eigenvalue weighted by Gasteiger charge is 2.10. The minimum atomic E-state index is 0. The average molecular weight is 520 g/mol. The third kappa shape index (κ3) is 7.74. The standard InChI is InChI=1S/C22H28N6O.HI/c1-3-23-22(26-17(2)12-13-18-9-5-4-6-10-18)25-16-14-20-27-21(29-28-20)19-11-7-8-15-24-19;/h4-11,15,17H,3,12-14,16H2,1-2H3,(H2,23,25,26);1H. The molecule has 0 bridgehead atoms. The topological polar surface area (TPSA) is 88.2 Å². The third-order valence-corrected chi connectivity index (χ3v) is 4.39. The Kier molecular flexibility index (Phi) is 10.3. The molecule has 1 unspecified atom stereocenters. The monoisotopic (exact) mass is 520 g/mol. The average Bonchev–Trinajstić information content (AvgIpc) is 3.23. The Morgan fingerprint density at radius 2 is 1.90 bits per heavy atom. The van der Waals surface area contributed by atoms with Crippen molar-refractivity contribution in [3.05, 3.63) is 66.1 Å². The molecule has 0 spiro atoms. The second-order valence-electron chi connectivity index (χ2n) is 6.81. The second kappa shape index (κ2) is 12.9.